The standard InChI is InChI=1S/C20H23BBrNO3/c1-19(2)20(3,4)26-21(25-19)17(14-10-6-5-7-11-14)23-18(24)15-12-8-9-13-16(15)22/h5-13,17H,1-4H3,(H,23,24)/t17-/m1/s1. The summed E-state index contributed by atoms with van der Waals surface area (Å²) < 4.78 is 13.1. The Bertz CT molecular complexity index is 779. The molecule has 0 saturated carbocycles. The first-order valence-corrected chi connectivity index (χ1v) is 9.46. The van der Waals surface area contributed by atoms with Gasteiger partial charge in [0.25, 0.3) is 5.91 Å². The molecule has 0 bridgehead atoms. The highest BCUT2D eigenvalue weighted by atomic mass is 79.9. The first kappa shape index (κ1) is 19.1. The third-order valence-corrected chi connectivity index (χ3v) is 5.80. The predicted octanol–water partition coefficient (Wildman–Crippen LogP) is 4.55. The maximum atomic E-state index is 12.9. The Kier molecular flexibility index (Phi) is 5.29. The van der Waals surface area contributed by atoms with Gasteiger partial charge in [-0.2, -0.15) is 0 Å². The Morgan fingerprint density at radius 3 is 2.08 bits per heavy atom. The molecule has 1 saturated heterocycles. The molecule has 0 spiro atoms. The molecule has 2 aromatic carbocycles. The molecule has 26 heavy (non-hydrogen) atoms. The molecule has 4 nitrogen and oxygen atoms in total. The fourth-order valence-electron chi connectivity index (χ4n) is 2.86. The number of rotatable bonds is 4. The number of benzene rings is 2. The van der Waals surface area contributed by atoms with E-state index in [1.165, 1.54) is 0 Å². The van der Waals surface area contributed by atoms with Crippen LogP contribution in [-0.2, 0) is 9.31 Å². The number of hydrogen-bond acceptors (Lipinski definition) is 3. The second-order valence-corrected chi connectivity index (χ2v) is 8.32. The van der Waals surface area contributed by atoms with Crippen LogP contribution in [0, 0.1) is 0 Å². The Labute approximate surface area is 163 Å². The lowest BCUT2D eigenvalue weighted by Gasteiger charge is -2.32. The zero-order valence-electron chi connectivity index (χ0n) is 15.5. The summed E-state index contributed by atoms with van der Waals surface area (Å²) in [6.45, 7) is 8.02. The van der Waals surface area contributed by atoms with Crippen LogP contribution in [0.5, 0.6) is 0 Å². The zero-order valence-corrected chi connectivity index (χ0v) is 17.0. The first-order valence-electron chi connectivity index (χ1n) is 8.67. The van der Waals surface area contributed by atoms with E-state index in [4.69, 9.17) is 9.31 Å². The molecule has 1 amide bonds. The smallest absolute Gasteiger partial charge is 0.402 e. The summed E-state index contributed by atoms with van der Waals surface area (Å²) in [5.74, 6) is -0.599. The van der Waals surface area contributed by atoms with E-state index in [1.54, 1.807) is 6.07 Å². The van der Waals surface area contributed by atoms with Crippen molar-refractivity contribution in [3.05, 3.63) is 70.2 Å². The number of hydrogen-bond donors (Lipinski definition) is 1. The van der Waals surface area contributed by atoms with Crippen molar-refractivity contribution < 1.29 is 14.1 Å². The Morgan fingerprint density at radius 1 is 0.962 bits per heavy atom. The second-order valence-electron chi connectivity index (χ2n) is 7.47. The molecule has 1 heterocycles. The SMILES string of the molecule is CC1(C)OB([C@H](NC(=O)c2ccccc2Br)c2ccccc2)OC1(C)C. The number of carbonyl (C=O) groups is 1. The molecule has 1 atom stereocenters. The molecule has 3 rings (SSSR count). The number of nitrogens with one attached hydrogen (secondary N) is 1. The summed E-state index contributed by atoms with van der Waals surface area (Å²) in [5, 5.41) is 3.09. The maximum absolute atomic E-state index is 12.9. The number of carbonyl (C=O) groups excluding carboxylic acids is 1. The van der Waals surface area contributed by atoms with Crippen molar-refractivity contribution in [1.82, 2.24) is 5.32 Å². The van der Waals surface area contributed by atoms with E-state index < -0.39 is 24.3 Å². The van der Waals surface area contributed by atoms with Crippen molar-refractivity contribution in [2.75, 3.05) is 0 Å². The third kappa shape index (κ3) is 3.73. The average molecular weight is 416 g/mol. The van der Waals surface area contributed by atoms with Crippen LogP contribution in [0.1, 0.15) is 49.6 Å². The minimum Gasteiger partial charge on any atom is -0.402 e. The lowest BCUT2D eigenvalue weighted by atomic mass is 9.74. The summed E-state index contributed by atoms with van der Waals surface area (Å²) in [7, 11) is -0.575. The van der Waals surface area contributed by atoms with Crippen LogP contribution in [0.15, 0.2) is 59.1 Å². The van der Waals surface area contributed by atoms with Gasteiger partial charge in [0, 0.05) is 4.47 Å². The molecular formula is C20H23BBrNO3. The van der Waals surface area contributed by atoms with E-state index in [2.05, 4.69) is 21.2 Å². The van der Waals surface area contributed by atoms with Gasteiger partial charge in [0.2, 0.25) is 0 Å². The van der Waals surface area contributed by atoms with Crippen LogP contribution >= 0.6 is 15.9 Å². The Hall–Kier alpha value is -1.63. The van der Waals surface area contributed by atoms with Crippen molar-refractivity contribution in [3.63, 3.8) is 0 Å². The van der Waals surface area contributed by atoms with Gasteiger partial charge in [-0.1, -0.05) is 42.5 Å². The first-order chi connectivity index (χ1) is 12.2. The lowest BCUT2D eigenvalue weighted by Crippen LogP contribution is -2.41. The normalized spacial score (nSPS) is 19.2. The van der Waals surface area contributed by atoms with Crippen LogP contribution in [0.25, 0.3) is 0 Å². The van der Waals surface area contributed by atoms with E-state index in [0.717, 1.165) is 10.0 Å². The monoisotopic (exact) mass is 415 g/mol. The van der Waals surface area contributed by atoms with Crippen molar-refractivity contribution in [1.29, 1.82) is 0 Å². The van der Waals surface area contributed by atoms with Gasteiger partial charge in [-0.05, 0) is 61.3 Å². The molecule has 1 N–H and O–H groups in total. The van der Waals surface area contributed by atoms with Gasteiger partial charge in [-0.3, -0.25) is 4.79 Å². The van der Waals surface area contributed by atoms with E-state index >= 15 is 0 Å². The van der Waals surface area contributed by atoms with E-state index in [1.807, 2.05) is 76.2 Å². The highest BCUT2D eigenvalue weighted by molar-refractivity contribution is 9.10. The highest BCUT2D eigenvalue weighted by Crippen LogP contribution is 2.40. The minimum atomic E-state index is -0.575. The Balaban J connectivity index is 1.91. The molecule has 0 radical (unpaired) electrons. The van der Waals surface area contributed by atoms with Gasteiger partial charge >= 0.3 is 7.12 Å². The molecular weight excluding hydrogens is 393 g/mol. The molecule has 0 unspecified atom stereocenters. The summed E-state index contributed by atoms with van der Waals surface area (Å²) in [5.41, 5.74) is 0.572. The fraction of sp³-hybridized carbons (Fsp3) is 0.350. The molecule has 0 aromatic heterocycles. The highest BCUT2D eigenvalue weighted by Gasteiger charge is 2.54. The summed E-state index contributed by atoms with van der Waals surface area (Å²) in [6, 6.07) is 17.1. The predicted molar refractivity (Wildman–Crippen MR) is 107 cm³/mol. The van der Waals surface area contributed by atoms with Gasteiger partial charge in [-0.25, -0.2) is 0 Å². The largest absolute Gasteiger partial charge is 0.486 e. The number of halogens is 1. The van der Waals surface area contributed by atoms with Crippen LogP contribution in [0.4, 0.5) is 0 Å². The van der Waals surface area contributed by atoms with Gasteiger partial charge in [0.15, 0.2) is 0 Å². The molecule has 1 aliphatic rings. The number of amides is 1. The molecule has 6 heteroatoms. The molecule has 1 aliphatic heterocycles. The van der Waals surface area contributed by atoms with Gasteiger partial charge in [0.05, 0.1) is 22.7 Å². The van der Waals surface area contributed by atoms with Crippen LogP contribution in [0.2, 0.25) is 0 Å². The molecule has 2 aromatic rings. The van der Waals surface area contributed by atoms with Crippen molar-refractivity contribution in [2.45, 2.75) is 44.8 Å². The van der Waals surface area contributed by atoms with Gasteiger partial charge < -0.3 is 14.6 Å². The van der Waals surface area contributed by atoms with Crippen molar-refractivity contribution >= 4 is 29.0 Å². The van der Waals surface area contributed by atoms with Gasteiger partial charge in [0.1, 0.15) is 0 Å². The quantitative estimate of drug-likeness (QED) is 0.745. The van der Waals surface area contributed by atoms with E-state index in [-0.39, 0.29) is 5.91 Å². The van der Waals surface area contributed by atoms with Crippen molar-refractivity contribution in [2.24, 2.45) is 0 Å². The fourth-order valence-corrected chi connectivity index (χ4v) is 3.32. The van der Waals surface area contributed by atoms with Crippen LogP contribution in [0.3, 0.4) is 0 Å². The van der Waals surface area contributed by atoms with E-state index in [9.17, 15) is 4.79 Å². The van der Waals surface area contributed by atoms with Crippen LogP contribution in [-0.4, -0.2) is 24.2 Å². The maximum Gasteiger partial charge on any atom is 0.486 e. The van der Waals surface area contributed by atoms with E-state index in [0.29, 0.717) is 5.56 Å². The van der Waals surface area contributed by atoms with Crippen molar-refractivity contribution in [3.8, 4) is 0 Å². The minimum absolute atomic E-state index is 0.180. The van der Waals surface area contributed by atoms with Gasteiger partial charge in [-0.15, -0.1) is 0 Å². The molecule has 0 aliphatic carbocycles. The average Bonchev–Trinajstić information content (AvgIpc) is 2.81. The summed E-state index contributed by atoms with van der Waals surface area (Å²) >= 11 is 3.44. The van der Waals surface area contributed by atoms with Crippen LogP contribution < -0.4 is 5.32 Å². The topological polar surface area (TPSA) is 47.6 Å². The zero-order chi connectivity index (χ0) is 18.9. The second kappa shape index (κ2) is 7.18. The third-order valence-electron chi connectivity index (χ3n) is 5.11. The lowest BCUT2D eigenvalue weighted by molar-refractivity contribution is 0.00578. The molecule has 1 fully saturated rings. The molecule has 136 valence electrons. The summed E-state index contributed by atoms with van der Waals surface area (Å²) in [4.78, 5) is 12.9. The summed E-state index contributed by atoms with van der Waals surface area (Å²) in [6.07, 6.45) is 0. The Morgan fingerprint density at radius 2 is 1.50 bits per heavy atom.